The van der Waals surface area contributed by atoms with E-state index in [9.17, 15) is 4.39 Å². The van der Waals surface area contributed by atoms with Crippen molar-refractivity contribution < 1.29 is 4.39 Å². The van der Waals surface area contributed by atoms with Crippen LogP contribution in [0.1, 0.15) is 51.6 Å². The number of hydrogen-bond donors (Lipinski definition) is 1. The van der Waals surface area contributed by atoms with E-state index in [2.05, 4.69) is 41.6 Å². The molecule has 0 aromatic heterocycles. The maximum Gasteiger partial charge on any atom is 0.123 e. The quantitative estimate of drug-likeness (QED) is 0.752. The van der Waals surface area contributed by atoms with Crippen LogP contribution in [0.25, 0.3) is 0 Å². The van der Waals surface area contributed by atoms with Gasteiger partial charge in [-0.2, -0.15) is 0 Å². The number of benzene rings is 1. The third kappa shape index (κ3) is 4.54. The van der Waals surface area contributed by atoms with E-state index in [4.69, 9.17) is 5.73 Å². The lowest BCUT2D eigenvalue weighted by Crippen LogP contribution is -2.40. The van der Waals surface area contributed by atoms with E-state index in [0.29, 0.717) is 12.6 Å². The molecule has 2 unspecified atom stereocenters. The van der Waals surface area contributed by atoms with Gasteiger partial charge >= 0.3 is 0 Å². The van der Waals surface area contributed by atoms with E-state index in [0.717, 1.165) is 35.8 Å². The summed E-state index contributed by atoms with van der Waals surface area (Å²) < 4.78 is 14.5. The van der Waals surface area contributed by atoms with Crippen molar-refractivity contribution >= 4 is 15.9 Å². The van der Waals surface area contributed by atoms with Gasteiger partial charge in [-0.1, -0.05) is 36.2 Å². The second kappa shape index (κ2) is 8.75. The molecule has 20 heavy (non-hydrogen) atoms. The van der Waals surface area contributed by atoms with Crippen molar-refractivity contribution in [3.05, 3.63) is 34.1 Å². The molecule has 0 aliphatic carbocycles. The van der Waals surface area contributed by atoms with Gasteiger partial charge in [0.05, 0.1) is 0 Å². The summed E-state index contributed by atoms with van der Waals surface area (Å²) in [4.78, 5) is 2.41. The zero-order valence-electron chi connectivity index (χ0n) is 12.7. The van der Waals surface area contributed by atoms with Gasteiger partial charge in [-0.3, -0.25) is 4.90 Å². The van der Waals surface area contributed by atoms with Gasteiger partial charge in [0, 0.05) is 23.1 Å². The smallest absolute Gasteiger partial charge is 0.123 e. The molecular formula is C16H26BrFN2. The van der Waals surface area contributed by atoms with Gasteiger partial charge in [-0.15, -0.1) is 0 Å². The van der Waals surface area contributed by atoms with Crippen LogP contribution in [0, 0.1) is 5.82 Å². The first-order chi connectivity index (χ1) is 9.54. The van der Waals surface area contributed by atoms with Crippen LogP contribution in [-0.2, 0) is 0 Å². The highest BCUT2D eigenvalue weighted by atomic mass is 79.9. The molecule has 2 N–H and O–H groups in total. The molecule has 0 fully saturated rings. The summed E-state index contributed by atoms with van der Waals surface area (Å²) in [5, 5.41) is 0. The Bertz CT molecular complexity index is 411. The van der Waals surface area contributed by atoms with Crippen molar-refractivity contribution in [2.75, 3.05) is 13.1 Å². The summed E-state index contributed by atoms with van der Waals surface area (Å²) in [5.41, 5.74) is 6.95. The van der Waals surface area contributed by atoms with Crippen molar-refractivity contribution in [1.29, 1.82) is 0 Å². The lowest BCUT2D eigenvalue weighted by Gasteiger charge is -2.36. The van der Waals surface area contributed by atoms with Crippen LogP contribution in [0.5, 0.6) is 0 Å². The van der Waals surface area contributed by atoms with Crippen LogP contribution < -0.4 is 5.73 Å². The zero-order valence-corrected chi connectivity index (χ0v) is 14.3. The van der Waals surface area contributed by atoms with Gasteiger partial charge in [-0.05, 0) is 50.1 Å². The average molecular weight is 345 g/mol. The predicted octanol–water partition coefficient (Wildman–Crippen LogP) is 4.49. The summed E-state index contributed by atoms with van der Waals surface area (Å²) in [6, 6.07) is 5.33. The van der Waals surface area contributed by atoms with E-state index in [1.807, 2.05) is 0 Å². The molecule has 0 aliphatic rings. The number of rotatable bonds is 8. The minimum Gasteiger partial charge on any atom is -0.329 e. The van der Waals surface area contributed by atoms with E-state index in [1.54, 1.807) is 12.1 Å². The van der Waals surface area contributed by atoms with E-state index < -0.39 is 0 Å². The number of unbranched alkanes of at least 4 members (excludes halogenated alkanes) is 1. The van der Waals surface area contributed by atoms with Crippen molar-refractivity contribution in [2.24, 2.45) is 5.73 Å². The maximum atomic E-state index is 13.6. The van der Waals surface area contributed by atoms with Crippen molar-refractivity contribution in [1.82, 2.24) is 4.90 Å². The standard InChI is InChI=1S/C16H26BrFN2/c1-4-6-9-20(12(3)5-2)16(11-19)14-10-13(18)7-8-15(14)17/h7-8,10,12,16H,4-6,9,11,19H2,1-3H3. The van der Waals surface area contributed by atoms with E-state index in [-0.39, 0.29) is 11.9 Å². The number of nitrogens with two attached hydrogens (primary N) is 1. The number of nitrogens with zero attached hydrogens (tertiary/aromatic N) is 1. The van der Waals surface area contributed by atoms with E-state index in [1.165, 1.54) is 6.07 Å². The van der Waals surface area contributed by atoms with Crippen molar-refractivity contribution in [2.45, 2.75) is 52.1 Å². The monoisotopic (exact) mass is 344 g/mol. The molecule has 1 aromatic carbocycles. The molecular weight excluding hydrogens is 319 g/mol. The molecule has 0 bridgehead atoms. The summed E-state index contributed by atoms with van der Waals surface area (Å²) in [7, 11) is 0. The fourth-order valence-electron chi connectivity index (χ4n) is 2.47. The fraction of sp³-hybridized carbons (Fsp3) is 0.625. The van der Waals surface area contributed by atoms with Gasteiger partial charge in [0.2, 0.25) is 0 Å². The van der Waals surface area contributed by atoms with Gasteiger partial charge in [0.25, 0.3) is 0 Å². The Hall–Kier alpha value is -0.450. The van der Waals surface area contributed by atoms with Gasteiger partial charge in [-0.25, -0.2) is 4.39 Å². The van der Waals surface area contributed by atoms with Crippen LogP contribution in [0.4, 0.5) is 4.39 Å². The molecule has 2 atom stereocenters. The van der Waals surface area contributed by atoms with Gasteiger partial charge in [0.15, 0.2) is 0 Å². The number of hydrogen-bond acceptors (Lipinski definition) is 2. The summed E-state index contributed by atoms with van der Waals surface area (Å²) in [5.74, 6) is -0.207. The Morgan fingerprint density at radius 3 is 2.60 bits per heavy atom. The Morgan fingerprint density at radius 2 is 2.05 bits per heavy atom. The highest BCUT2D eigenvalue weighted by Gasteiger charge is 2.24. The summed E-state index contributed by atoms with van der Waals surface area (Å²) >= 11 is 3.53. The average Bonchev–Trinajstić information content (AvgIpc) is 2.45. The molecule has 2 nitrogen and oxygen atoms in total. The predicted molar refractivity (Wildman–Crippen MR) is 87.3 cm³/mol. The molecule has 4 heteroatoms. The molecule has 0 spiro atoms. The fourth-order valence-corrected chi connectivity index (χ4v) is 2.98. The molecule has 1 rings (SSSR count). The Balaban J connectivity index is 3.07. The van der Waals surface area contributed by atoms with Gasteiger partial charge < -0.3 is 5.73 Å². The molecule has 0 aliphatic heterocycles. The molecule has 0 radical (unpaired) electrons. The maximum absolute atomic E-state index is 13.6. The second-order valence-electron chi connectivity index (χ2n) is 5.27. The molecule has 0 saturated carbocycles. The number of halogens is 2. The first-order valence-corrected chi connectivity index (χ1v) is 8.25. The van der Waals surface area contributed by atoms with Crippen molar-refractivity contribution in [3.63, 3.8) is 0 Å². The first kappa shape index (κ1) is 17.6. The Labute approximate surface area is 130 Å². The second-order valence-corrected chi connectivity index (χ2v) is 6.12. The zero-order chi connectivity index (χ0) is 15.1. The lowest BCUT2D eigenvalue weighted by atomic mass is 10.0. The largest absolute Gasteiger partial charge is 0.329 e. The topological polar surface area (TPSA) is 29.3 Å². The summed E-state index contributed by atoms with van der Waals surface area (Å²) in [6.07, 6.45) is 3.34. The highest BCUT2D eigenvalue weighted by Crippen LogP contribution is 2.30. The Morgan fingerprint density at radius 1 is 1.35 bits per heavy atom. The minimum absolute atomic E-state index is 0.0570. The Kier molecular flexibility index (Phi) is 7.70. The summed E-state index contributed by atoms with van der Waals surface area (Å²) in [6.45, 7) is 8.07. The third-order valence-electron chi connectivity index (χ3n) is 3.87. The van der Waals surface area contributed by atoms with Crippen LogP contribution in [0.3, 0.4) is 0 Å². The molecule has 1 aromatic rings. The van der Waals surface area contributed by atoms with Crippen molar-refractivity contribution in [3.8, 4) is 0 Å². The first-order valence-electron chi connectivity index (χ1n) is 7.45. The molecule has 0 heterocycles. The third-order valence-corrected chi connectivity index (χ3v) is 4.59. The lowest BCUT2D eigenvalue weighted by molar-refractivity contribution is 0.140. The van der Waals surface area contributed by atoms with E-state index >= 15 is 0 Å². The normalized spacial score (nSPS) is 14.6. The molecule has 0 amide bonds. The van der Waals surface area contributed by atoms with Crippen LogP contribution in [-0.4, -0.2) is 24.0 Å². The van der Waals surface area contributed by atoms with Crippen LogP contribution in [0.2, 0.25) is 0 Å². The highest BCUT2D eigenvalue weighted by molar-refractivity contribution is 9.10. The SMILES string of the molecule is CCCCN(C(C)CC)C(CN)c1cc(F)ccc1Br. The molecule has 114 valence electrons. The minimum atomic E-state index is -0.207. The van der Waals surface area contributed by atoms with Crippen LogP contribution >= 0.6 is 15.9 Å². The molecule has 0 saturated heterocycles. The van der Waals surface area contributed by atoms with Crippen LogP contribution in [0.15, 0.2) is 22.7 Å². The van der Waals surface area contributed by atoms with Gasteiger partial charge in [0.1, 0.15) is 5.82 Å².